The quantitative estimate of drug-likeness (QED) is 0.653. The molecule has 2 rings (SSSR count). The Morgan fingerprint density at radius 1 is 1.00 bits per heavy atom. The molecule has 0 spiro atoms. The summed E-state index contributed by atoms with van der Waals surface area (Å²) < 4.78 is 21.6. The van der Waals surface area contributed by atoms with Crippen LogP contribution in [0.25, 0.3) is 0 Å². The number of nitrogens with two attached hydrogens (primary N) is 1. The Kier molecular flexibility index (Phi) is 7.70. The second-order valence-corrected chi connectivity index (χ2v) is 6.35. The topological polar surface area (TPSA) is 100 Å². The molecule has 0 unspecified atom stereocenters. The summed E-state index contributed by atoms with van der Waals surface area (Å²) in [6, 6.07) is 10.8. The van der Waals surface area contributed by atoms with Gasteiger partial charge in [-0.3, -0.25) is 9.59 Å². The maximum absolute atomic E-state index is 12.8. The van der Waals surface area contributed by atoms with Gasteiger partial charge in [0.1, 0.15) is 12.4 Å². The molecule has 0 aliphatic carbocycles. The van der Waals surface area contributed by atoms with Crippen LogP contribution in [0.2, 0.25) is 0 Å². The average molecular weight is 402 g/mol. The fourth-order valence-corrected chi connectivity index (χ4v) is 2.55. The highest BCUT2D eigenvalue weighted by molar-refractivity contribution is 5.95. The van der Waals surface area contributed by atoms with Crippen LogP contribution in [0, 0.1) is 6.92 Å². The fraction of sp³-hybridized carbons (Fsp3) is 0.333. The summed E-state index contributed by atoms with van der Waals surface area (Å²) in [5.74, 6) is 0.598. The molecule has 0 aliphatic heterocycles. The van der Waals surface area contributed by atoms with Crippen LogP contribution >= 0.6 is 0 Å². The van der Waals surface area contributed by atoms with Crippen LogP contribution in [0.15, 0.2) is 36.4 Å². The Morgan fingerprint density at radius 2 is 1.59 bits per heavy atom. The summed E-state index contributed by atoms with van der Waals surface area (Å²) in [7, 11) is 4.54. The molecule has 2 aromatic carbocycles. The van der Waals surface area contributed by atoms with E-state index in [1.807, 2.05) is 31.2 Å². The molecule has 0 fully saturated rings. The van der Waals surface area contributed by atoms with E-state index in [0.717, 1.165) is 11.3 Å². The van der Waals surface area contributed by atoms with Crippen LogP contribution in [0.1, 0.15) is 15.9 Å². The molecule has 0 aliphatic rings. The van der Waals surface area contributed by atoms with Crippen molar-refractivity contribution in [3.8, 4) is 23.0 Å². The van der Waals surface area contributed by atoms with Gasteiger partial charge >= 0.3 is 0 Å². The number of carbonyl (C=O) groups excluding carboxylic acids is 2. The van der Waals surface area contributed by atoms with E-state index in [2.05, 4.69) is 0 Å². The zero-order valence-electron chi connectivity index (χ0n) is 17.1. The van der Waals surface area contributed by atoms with Crippen LogP contribution in [0.3, 0.4) is 0 Å². The van der Waals surface area contributed by atoms with E-state index in [1.165, 1.54) is 31.3 Å². The van der Waals surface area contributed by atoms with Gasteiger partial charge in [0.2, 0.25) is 5.75 Å². The number of ether oxygens (including phenoxy) is 4. The van der Waals surface area contributed by atoms with Gasteiger partial charge < -0.3 is 29.6 Å². The Balaban J connectivity index is 2.07. The second-order valence-electron chi connectivity index (χ2n) is 6.35. The van der Waals surface area contributed by atoms with E-state index in [-0.39, 0.29) is 29.8 Å². The number of rotatable bonds is 10. The Bertz CT molecular complexity index is 826. The summed E-state index contributed by atoms with van der Waals surface area (Å²) in [6.07, 6.45) is 0. The number of aryl methyl sites for hydroxylation is 1. The van der Waals surface area contributed by atoms with Crippen molar-refractivity contribution in [2.45, 2.75) is 6.92 Å². The lowest BCUT2D eigenvalue weighted by Gasteiger charge is -2.20. The fourth-order valence-electron chi connectivity index (χ4n) is 2.55. The third-order valence-electron chi connectivity index (χ3n) is 4.13. The lowest BCUT2D eigenvalue weighted by Crippen LogP contribution is -2.31. The van der Waals surface area contributed by atoms with Gasteiger partial charge in [0, 0.05) is 12.6 Å². The molecule has 2 amide bonds. The maximum atomic E-state index is 12.8. The van der Waals surface area contributed by atoms with Crippen molar-refractivity contribution in [1.29, 1.82) is 0 Å². The molecule has 8 heteroatoms. The van der Waals surface area contributed by atoms with Gasteiger partial charge in [0.15, 0.2) is 18.1 Å². The normalized spacial score (nSPS) is 10.2. The number of nitrogens with zero attached hydrogens (tertiary/aromatic N) is 1. The molecule has 0 saturated carbocycles. The summed E-state index contributed by atoms with van der Waals surface area (Å²) in [5, 5.41) is 0. The summed E-state index contributed by atoms with van der Waals surface area (Å²) in [5.41, 5.74) is 6.62. The van der Waals surface area contributed by atoms with Gasteiger partial charge in [0.25, 0.3) is 11.8 Å². The van der Waals surface area contributed by atoms with Crippen molar-refractivity contribution >= 4 is 11.8 Å². The molecular formula is C21H26N2O6. The van der Waals surface area contributed by atoms with Crippen LogP contribution in [0.4, 0.5) is 0 Å². The van der Waals surface area contributed by atoms with Gasteiger partial charge in [-0.1, -0.05) is 17.7 Å². The third kappa shape index (κ3) is 6.03. The number of benzene rings is 2. The zero-order valence-corrected chi connectivity index (χ0v) is 17.1. The van der Waals surface area contributed by atoms with Crippen LogP contribution < -0.4 is 24.7 Å². The van der Waals surface area contributed by atoms with Gasteiger partial charge in [-0.25, -0.2) is 0 Å². The van der Waals surface area contributed by atoms with Crippen molar-refractivity contribution in [2.75, 3.05) is 41.0 Å². The Hall–Kier alpha value is -3.42. The predicted octanol–water partition coefficient (Wildman–Crippen LogP) is 2.03. The Labute approximate surface area is 170 Å². The predicted molar refractivity (Wildman–Crippen MR) is 108 cm³/mol. The first-order chi connectivity index (χ1) is 13.8. The minimum Gasteiger partial charge on any atom is -0.493 e. The van der Waals surface area contributed by atoms with Gasteiger partial charge in [-0.2, -0.15) is 0 Å². The monoisotopic (exact) mass is 402 g/mol. The van der Waals surface area contributed by atoms with E-state index in [9.17, 15) is 9.59 Å². The molecular weight excluding hydrogens is 376 g/mol. The number of carbonyl (C=O) groups is 2. The highest BCUT2D eigenvalue weighted by atomic mass is 16.5. The first-order valence-corrected chi connectivity index (χ1v) is 8.97. The van der Waals surface area contributed by atoms with Crippen LogP contribution in [-0.4, -0.2) is 57.7 Å². The molecule has 2 N–H and O–H groups in total. The molecule has 8 nitrogen and oxygen atoms in total. The molecule has 156 valence electrons. The minimum atomic E-state index is -0.637. The number of likely N-dealkylation sites (N-methyl/N-ethyl adjacent to an activating group) is 1. The van der Waals surface area contributed by atoms with Crippen molar-refractivity contribution in [3.05, 3.63) is 47.5 Å². The molecule has 29 heavy (non-hydrogen) atoms. The van der Waals surface area contributed by atoms with E-state index in [1.54, 1.807) is 7.05 Å². The third-order valence-corrected chi connectivity index (χ3v) is 4.13. The second kappa shape index (κ2) is 10.2. The summed E-state index contributed by atoms with van der Waals surface area (Å²) in [6.45, 7) is 2.40. The number of hydrogen-bond acceptors (Lipinski definition) is 6. The smallest absolute Gasteiger partial charge is 0.255 e. The van der Waals surface area contributed by atoms with E-state index in [4.69, 9.17) is 24.7 Å². The lowest BCUT2D eigenvalue weighted by molar-refractivity contribution is -0.120. The first-order valence-electron chi connectivity index (χ1n) is 8.97. The van der Waals surface area contributed by atoms with Gasteiger partial charge in [-0.05, 0) is 31.2 Å². The largest absolute Gasteiger partial charge is 0.493 e. The van der Waals surface area contributed by atoms with E-state index in [0.29, 0.717) is 18.7 Å². The number of amides is 2. The van der Waals surface area contributed by atoms with Crippen LogP contribution in [0.5, 0.6) is 23.0 Å². The molecule has 0 heterocycles. The van der Waals surface area contributed by atoms with Crippen molar-refractivity contribution in [3.63, 3.8) is 0 Å². The standard InChI is InChI=1S/C21H26N2O6/c1-14-5-7-16(8-6-14)28-10-9-23(2)21(25)15-11-17(26-3)20(18(12-15)27-4)29-13-19(22)24/h5-8,11-12H,9-10,13H2,1-4H3,(H2,22,24). The van der Waals surface area contributed by atoms with E-state index >= 15 is 0 Å². The molecule has 0 saturated heterocycles. The van der Waals surface area contributed by atoms with Crippen LogP contribution in [-0.2, 0) is 4.79 Å². The highest BCUT2D eigenvalue weighted by Crippen LogP contribution is 2.38. The van der Waals surface area contributed by atoms with Crippen molar-refractivity contribution < 1.29 is 28.5 Å². The summed E-state index contributed by atoms with van der Waals surface area (Å²) in [4.78, 5) is 25.3. The SMILES string of the molecule is COc1cc(C(=O)N(C)CCOc2ccc(C)cc2)cc(OC)c1OCC(N)=O. The number of methoxy groups -OCH3 is 2. The van der Waals surface area contributed by atoms with E-state index < -0.39 is 5.91 Å². The first kappa shape index (κ1) is 21.9. The average Bonchev–Trinajstić information content (AvgIpc) is 2.72. The zero-order chi connectivity index (χ0) is 21.4. The molecule has 2 aromatic rings. The highest BCUT2D eigenvalue weighted by Gasteiger charge is 2.20. The lowest BCUT2D eigenvalue weighted by atomic mass is 10.1. The van der Waals surface area contributed by atoms with Crippen molar-refractivity contribution in [1.82, 2.24) is 4.90 Å². The molecule has 0 aromatic heterocycles. The number of hydrogen-bond donors (Lipinski definition) is 1. The minimum absolute atomic E-state index is 0.204. The molecule has 0 bridgehead atoms. The maximum Gasteiger partial charge on any atom is 0.255 e. The number of primary amides is 1. The Morgan fingerprint density at radius 3 is 2.10 bits per heavy atom. The van der Waals surface area contributed by atoms with Gasteiger partial charge in [-0.15, -0.1) is 0 Å². The van der Waals surface area contributed by atoms with Crippen molar-refractivity contribution in [2.24, 2.45) is 5.73 Å². The van der Waals surface area contributed by atoms with Gasteiger partial charge in [0.05, 0.1) is 20.8 Å². The summed E-state index contributed by atoms with van der Waals surface area (Å²) >= 11 is 0. The molecule has 0 atom stereocenters. The molecule has 0 radical (unpaired) electrons.